The lowest BCUT2D eigenvalue weighted by atomic mass is 9.94. The van der Waals surface area contributed by atoms with Gasteiger partial charge in [0.25, 0.3) is 0 Å². The smallest absolute Gasteiger partial charge is 0.236 e. The second kappa shape index (κ2) is 4.90. The highest BCUT2D eigenvalue weighted by atomic mass is 32.1. The number of thiazole rings is 1. The van der Waals surface area contributed by atoms with Crippen LogP contribution in [0.5, 0.6) is 5.75 Å². The van der Waals surface area contributed by atoms with Gasteiger partial charge in [-0.25, -0.2) is 4.98 Å². The molecule has 20 heavy (non-hydrogen) atoms. The van der Waals surface area contributed by atoms with Gasteiger partial charge in [0, 0.05) is 10.9 Å². The number of hydrogen-bond donors (Lipinski definition) is 1. The molecule has 1 aliphatic carbocycles. The summed E-state index contributed by atoms with van der Waals surface area (Å²) in [7, 11) is 1.64. The molecule has 1 amide bonds. The van der Waals surface area contributed by atoms with Crippen LogP contribution in [0.3, 0.4) is 0 Å². The molecule has 1 fully saturated rings. The fourth-order valence-corrected chi connectivity index (χ4v) is 3.10. The highest BCUT2D eigenvalue weighted by molar-refractivity contribution is 7.13. The molecule has 1 saturated carbocycles. The van der Waals surface area contributed by atoms with E-state index in [2.05, 4.69) is 10.3 Å². The zero-order valence-electron chi connectivity index (χ0n) is 11.5. The second-order valence-electron chi connectivity index (χ2n) is 5.03. The first kappa shape index (κ1) is 13.1. The van der Waals surface area contributed by atoms with Crippen LogP contribution in [0.1, 0.15) is 24.1 Å². The Bertz CT molecular complexity index is 647. The molecule has 1 aromatic heterocycles. The van der Waals surface area contributed by atoms with Crippen molar-refractivity contribution in [2.45, 2.75) is 25.2 Å². The molecule has 4 nitrogen and oxygen atoms in total. The van der Waals surface area contributed by atoms with E-state index in [1.165, 1.54) is 11.3 Å². The third-order valence-corrected chi connectivity index (χ3v) is 4.52. The van der Waals surface area contributed by atoms with Crippen molar-refractivity contribution in [2.75, 3.05) is 12.4 Å². The zero-order valence-corrected chi connectivity index (χ0v) is 12.3. The highest BCUT2D eigenvalue weighted by Gasteiger charge is 2.53. The molecule has 0 saturated heterocycles. The number of carbonyl (C=O) groups excluding carboxylic acids is 1. The van der Waals surface area contributed by atoms with E-state index in [0.717, 1.165) is 29.8 Å². The van der Waals surface area contributed by atoms with E-state index in [9.17, 15) is 4.79 Å². The Morgan fingerprint density at radius 1 is 1.40 bits per heavy atom. The van der Waals surface area contributed by atoms with Crippen molar-refractivity contribution in [2.24, 2.45) is 0 Å². The quantitative estimate of drug-likeness (QED) is 0.940. The van der Waals surface area contributed by atoms with Gasteiger partial charge in [-0.3, -0.25) is 4.79 Å². The number of benzene rings is 1. The van der Waals surface area contributed by atoms with Gasteiger partial charge in [0.05, 0.1) is 18.2 Å². The Morgan fingerprint density at radius 2 is 2.15 bits per heavy atom. The zero-order chi connectivity index (χ0) is 14.2. The van der Waals surface area contributed by atoms with Crippen LogP contribution in [0, 0.1) is 6.92 Å². The molecule has 0 radical (unpaired) electrons. The standard InChI is InChI=1S/C15H16N2O2S/c1-10-9-20-14(16-10)17-13(18)15(7-8-15)11-5-3-4-6-12(11)19-2/h3-6,9H,7-8H2,1-2H3,(H,16,17,18). The molecule has 3 rings (SSSR count). The molecule has 1 aliphatic rings. The molecule has 0 atom stereocenters. The number of amides is 1. The average Bonchev–Trinajstić information content (AvgIpc) is 3.18. The van der Waals surface area contributed by atoms with E-state index in [4.69, 9.17) is 4.74 Å². The minimum absolute atomic E-state index is 0.0105. The summed E-state index contributed by atoms with van der Waals surface area (Å²) in [4.78, 5) is 16.9. The van der Waals surface area contributed by atoms with Gasteiger partial charge in [-0.1, -0.05) is 18.2 Å². The number of rotatable bonds is 4. The van der Waals surface area contributed by atoms with Gasteiger partial charge in [-0.05, 0) is 25.8 Å². The Hall–Kier alpha value is -1.88. The van der Waals surface area contributed by atoms with Gasteiger partial charge in [0.1, 0.15) is 5.75 Å². The van der Waals surface area contributed by atoms with Crippen molar-refractivity contribution in [3.8, 4) is 5.75 Å². The first-order valence-corrected chi connectivity index (χ1v) is 7.41. The largest absolute Gasteiger partial charge is 0.496 e. The van der Waals surface area contributed by atoms with Crippen molar-refractivity contribution >= 4 is 22.4 Å². The molecule has 1 heterocycles. The number of aromatic nitrogens is 1. The molecule has 0 spiro atoms. The third kappa shape index (κ3) is 2.18. The monoisotopic (exact) mass is 288 g/mol. The van der Waals surface area contributed by atoms with Crippen LogP contribution in [0.2, 0.25) is 0 Å². The van der Waals surface area contributed by atoms with Crippen LogP contribution >= 0.6 is 11.3 Å². The summed E-state index contributed by atoms with van der Waals surface area (Å²) in [6, 6.07) is 7.73. The Kier molecular flexibility index (Phi) is 3.22. The van der Waals surface area contributed by atoms with Crippen molar-refractivity contribution in [1.29, 1.82) is 0 Å². The first-order valence-electron chi connectivity index (χ1n) is 6.53. The summed E-state index contributed by atoms with van der Waals surface area (Å²) in [5.74, 6) is 0.784. The molecule has 104 valence electrons. The van der Waals surface area contributed by atoms with Gasteiger partial charge in [-0.15, -0.1) is 11.3 Å². The minimum Gasteiger partial charge on any atom is -0.496 e. The number of carbonyl (C=O) groups is 1. The molecule has 2 aromatic rings. The van der Waals surface area contributed by atoms with Crippen LogP contribution in [0.4, 0.5) is 5.13 Å². The Labute approximate surface area is 121 Å². The van der Waals surface area contributed by atoms with E-state index in [0.29, 0.717) is 5.13 Å². The van der Waals surface area contributed by atoms with E-state index in [-0.39, 0.29) is 5.91 Å². The van der Waals surface area contributed by atoms with Crippen LogP contribution in [-0.4, -0.2) is 18.0 Å². The maximum Gasteiger partial charge on any atom is 0.236 e. The second-order valence-corrected chi connectivity index (χ2v) is 5.89. The predicted molar refractivity (Wildman–Crippen MR) is 79.4 cm³/mol. The number of nitrogens with zero attached hydrogens (tertiary/aromatic N) is 1. The maximum absolute atomic E-state index is 12.6. The SMILES string of the molecule is COc1ccccc1C1(C(=O)Nc2nc(C)cs2)CC1. The van der Waals surface area contributed by atoms with Crippen molar-refractivity contribution < 1.29 is 9.53 Å². The van der Waals surface area contributed by atoms with Crippen LogP contribution in [0.25, 0.3) is 0 Å². The number of methoxy groups -OCH3 is 1. The van der Waals surface area contributed by atoms with Gasteiger partial charge >= 0.3 is 0 Å². The van der Waals surface area contributed by atoms with Crippen LogP contribution in [0.15, 0.2) is 29.6 Å². The lowest BCUT2D eigenvalue weighted by Gasteiger charge is -2.17. The molecule has 1 N–H and O–H groups in total. The number of para-hydroxylation sites is 1. The first-order chi connectivity index (χ1) is 9.65. The molecule has 1 aromatic carbocycles. The van der Waals surface area contributed by atoms with Crippen molar-refractivity contribution in [3.63, 3.8) is 0 Å². The molecule has 5 heteroatoms. The molecule has 0 aliphatic heterocycles. The van der Waals surface area contributed by atoms with E-state index >= 15 is 0 Å². The summed E-state index contributed by atoms with van der Waals surface area (Å²) in [6.07, 6.45) is 1.70. The fourth-order valence-electron chi connectivity index (χ4n) is 2.41. The summed E-state index contributed by atoms with van der Waals surface area (Å²) < 4.78 is 5.38. The normalized spacial score (nSPS) is 15.7. The minimum atomic E-state index is -0.452. The van der Waals surface area contributed by atoms with E-state index < -0.39 is 5.41 Å². The average molecular weight is 288 g/mol. The van der Waals surface area contributed by atoms with Gasteiger partial charge in [-0.2, -0.15) is 0 Å². The van der Waals surface area contributed by atoms with Crippen LogP contribution < -0.4 is 10.1 Å². The lowest BCUT2D eigenvalue weighted by Crippen LogP contribution is -2.28. The molecule has 0 unspecified atom stereocenters. The number of aryl methyl sites for hydroxylation is 1. The fraction of sp³-hybridized carbons (Fsp3) is 0.333. The molecular formula is C15H16N2O2S. The van der Waals surface area contributed by atoms with E-state index in [1.807, 2.05) is 36.6 Å². The summed E-state index contributed by atoms with van der Waals surface area (Å²) in [6.45, 7) is 1.92. The molecular weight excluding hydrogens is 272 g/mol. The Balaban J connectivity index is 1.86. The summed E-state index contributed by atoms with van der Waals surface area (Å²) in [5.41, 5.74) is 1.44. The van der Waals surface area contributed by atoms with Crippen molar-refractivity contribution in [1.82, 2.24) is 4.98 Å². The molecule has 0 bridgehead atoms. The summed E-state index contributed by atoms with van der Waals surface area (Å²) >= 11 is 1.45. The lowest BCUT2D eigenvalue weighted by molar-refractivity contribution is -0.118. The van der Waals surface area contributed by atoms with Crippen molar-refractivity contribution in [3.05, 3.63) is 40.9 Å². The highest BCUT2D eigenvalue weighted by Crippen LogP contribution is 2.52. The van der Waals surface area contributed by atoms with Gasteiger partial charge < -0.3 is 10.1 Å². The van der Waals surface area contributed by atoms with Crippen LogP contribution in [-0.2, 0) is 10.2 Å². The van der Waals surface area contributed by atoms with Gasteiger partial charge in [0.15, 0.2) is 5.13 Å². The van der Waals surface area contributed by atoms with E-state index in [1.54, 1.807) is 7.11 Å². The third-order valence-electron chi connectivity index (χ3n) is 3.65. The predicted octanol–water partition coefficient (Wildman–Crippen LogP) is 3.13. The number of anilines is 1. The number of nitrogens with one attached hydrogen (secondary N) is 1. The topological polar surface area (TPSA) is 51.2 Å². The summed E-state index contributed by atoms with van der Waals surface area (Å²) in [5, 5.41) is 5.52. The maximum atomic E-state index is 12.6. The Morgan fingerprint density at radius 3 is 2.75 bits per heavy atom. The number of ether oxygens (including phenoxy) is 1. The van der Waals surface area contributed by atoms with Gasteiger partial charge in [0.2, 0.25) is 5.91 Å². The number of hydrogen-bond acceptors (Lipinski definition) is 4.